The Hall–Kier alpha value is -0.950. The van der Waals surface area contributed by atoms with Crippen LogP contribution in [0.2, 0.25) is 0 Å². The maximum atomic E-state index is 10.6. The fourth-order valence-corrected chi connectivity index (χ4v) is 1.99. The zero-order valence-corrected chi connectivity index (χ0v) is 10.3. The summed E-state index contributed by atoms with van der Waals surface area (Å²) < 4.78 is 36.3. The van der Waals surface area contributed by atoms with Crippen LogP contribution < -0.4 is 6.15 Å². The van der Waals surface area contributed by atoms with Crippen LogP contribution in [0.4, 0.5) is 0 Å². The first-order valence-electron chi connectivity index (χ1n) is 4.38. The Bertz CT molecular complexity index is 308. The molecule has 0 aliphatic carbocycles. The zero-order chi connectivity index (χ0) is 11.9. The molecule has 5 nitrogen and oxygen atoms in total. The van der Waals surface area contributed by atoms with E-state index < -0.39 is 16.0 Å². The average molecular weight is 249 g/mol. The summed E-state index contributed by atoms with van der Waals surface area (Å²) in [6.07, 6.45) is 5.22. The molecule has 0 aliphatic rings. The molecule has 0 bridgehead atoms. The van der Waals surface area contributed by atoms with E-state index in [0.29, 0.717) is 0 Å². The minimum atomic E-state index is -4.74. The van der Waals surface area contributed by atoms with Crippen molar-refractivity contribution in [2.75, 3.05) is 0 Å². The third kappa shape index (κ3) is 6.52. The van der Waals surface area contributed by atoms with Crippen molar-refractivity contribution in [1.29, 1.82) is 0 Å². The van der Waals surface area contributed by atoms with Gasteiger partial charge in [0.05, 0.1) is 5.60 Å². The van der Waals surface area contributed by atoms with Gasteiger partial charge in [0.25, 0.3) is 0 Å². The first-order valence-corrected chi connectivity index (χ1v) is 5.71. The smallest absolute Gasteiger partial charge is 0.218 e. The van der Waals surface area contributed by atoms with Crippen molar-refractivity contribution in [3.05, 3.63) is 38.0 Å². The van der Waals surface area contributed by atoms with Crippen molar-refractivity contribution in [3.8, 4) is 0 Å². The summed E-state index contributed by atoms with van der Waals surface area (Å²) in [5, 5.41) is 0. The van der Waals surface area contributed by atoms with E-state index in [1.54, 1.807) is 0 Å². The standard InChI is InChI=1S/C10H16O4S.H3N/c1-4-7-10(8-5-2,9-6-3)14-15(11,12)13;/h4-6H,1-3,7-9H2,(H,11,12,13);1H3. The minimum Gasteiger partial charge on any atom is -0.726 e. The molecule has 0 saturated heterocycles. The minimum absolute atomic E-state index is 0. The summed E-state index contributed by atoms with van der Waals surface area (Å²) in [5.41, 5.74) is -1.12. The van der Waals surface area contributed by atoms with Crippen LogP contribution >= 0.6 is 0 Å². The zero-order valence-electron chi connectivity index (χ0n) is 9.52. The van der Waals surface area contributed by atoms with Gasteiger partial charge < -0.3 is 10.7 Å². The van der Waals surface area contributed by atoms with Crippen molar-refractivity contribution in [2.45, 2.75) is 24.9 Å². The second-order valence-electron chi connectivity index (χ2n) is 3.15. The highest BCUT2D eigenvalue weighted by Gasteiger charge is 2.29. The van der Waals surface area contributed by atoms with E-state index in [-0.39, 0.29) is 25.4 Å². The fraction of sp³-hybridized carbons (Fsp3) is 0.400. The maximum absolute atomic E-state index is 10.6. The number of hydrogen-bond acceptors (Lipinski definition) is 4. The van der Waals surface area contributed by atoms with Gasteiger partial charge in [-0.05, 0) is 19.3 Å². The molecule has 0 atom stereocenters. The molecule has 0 amide bonds. The first-order chi connectivity index (χ1) is 6.89. The van der Waals surface area contributed by atoms with E-state index in [0.717, 1.165) is 0 Å². The van der Waals surface area contributed by atoms with E-state index in [1.165, 1.54) is 18.2 Å². The lowest BCUT2D eigenvalue weighted by Crippen LogP contribution is -2.33. The molecule has 16 heavy (non-hydrogen) atoms. The van der Waals surface area contributed by atoms with Gasteiger partial charge in [-0.25, -0.2) is 8.42 Å². The van der Waals surface area contributed by atoms with Gasteiger partial charge in [0, 0.05) is 0 Å². The number of quaternary nitrogens is 1. The highest BCUT2D eigenvalue weighted by molar-refractivity contribution is 7.80. The lowest BCUT2D eigenvalue weighted by molar-refractivity contribution is 0.0689. The fourth-order valence-electron chi connectivity index (χ4n) is 1.36. The molecule has 0 saturated carbocycles. The third-order valence-corrected chi connectivity index (χ3v) is 2.39. The lowest BCUT2D eigenvalue weighted by Gasteiger charge is -2.31. The molecule has 0 aromatic heterocycles. The molecule has 0 aromatic carbocycles. The van der Waals surface area contributed by atoms with E-state index in [4.69, 9.17) is 0 Å². The first kappa shape index (κ1) is 17.4. The topological polar surface area (TPSA) is 103 Å². The molecular weight excluding hydrogens is 230 g/mol. The van der Waals surface area contributed by atoms with Gasteiger partial charge in [0.2, 0.25) is 10.4 Å². The Balaban J connectivity index is 0. The normalized spacial score (nSPS) is 11.3. The van der Waals surface area contributed by atoms with Crippen LogP contribution in [-0.2, 0) is 14.6 Å². The molecule has 0 radical (unpaired) electrons. The van der Waals surface area contributed by atoms with Crippen molar-refractivity contribution in [2.24, 2.45) is 0 Å². The SMILES string of the molecule is C=CCC(CC=C)(CC=C)OS(=O)(=O)[O-].[NH4+]. The summed E-state index contributed by atoms with van der Waals surface area (Å²) in [5.74, 6) is 0. The number of hydrogen-bond donors (Lipinski definition) is 1. The summed E-state index contributed by atoms with van der Waals surface area (Å²) >= 11 is 0. The average Bonchev–Trinajstić information content (AvgIpc) is 2.01. The van der Waals surface area contributed by atoms with Crippen molar-refractivity contribution >= 4 is 10.4 Å². The van der Waals surface area contributed by atoms with E-state index in [9.17, 15) is 13.0 Å². The van der Waals surface area contributed by atoms with Crippen LogP contribution in [0.1, 0.15) is 19.3 Å². The Kier molecular flexibility index (Phi) is 8.01. The predicted octanol–water partition coefficient (Wildman–Crippen LogP) is 2.31. The Morgan fingerprint density at radius 1 is 1.06 bits per heavy atom. The van der Waals surface area contributed by atoms with Crippen molar-refractivity contribution in [1.82, 2.24) is 6.15 Å². The molecule has 0 aliphatic heterocycles. The van der Waals surface area contributed by atoms with E-state index in [1.807, 2.05) is 0 Å². The summed E-state index contributed by atoms with van der Waals surface area (Å²) in [6, 6.07) is 0. The van der Waals surface area contributed by atoms with Gasteiger partial charge in [0.1, 0.15) is 0 Å². The second-order valence-corrected chi connectivity index (χ2v) is 4.14. The van der Waals surface area contributed by atoms with Crippen LogP contribution in [0, 0.1) is 0 Å². The van der Waals surface area contributed by atoms with Gasteiger partial charge in [-0.1, -0.05) is 18.2 Å². The quantitative estimate of drug-likeness (QED) is 0.405. The van der Waals surface area contributed by atoms with Gasteiger partial charge in [-0.2, -0.15) is 0 Å². The van der Waals surface area contributed by atoms with E-state index >= 15 is 0 Å². The third-order valence-electron chi connectivity index (χ3n) is 1.83. The largest absolute Gasteiger partial charge is 0.726 e. The molecule has 94 valence electrons. The second kappa shape index (κ2) is 7.34. The molecule has 6 heteroatoms. The highest BCUT2D eigenvalue weighted by atomic mass is 32.3. The molecule has 0 heterocycles. The van der Waals surface area contributed by atoms with Crippen LogP contribution in [0.25, 0.3) is 0 Å². The molecule has 0 unspecified atom stereocenters. The summed E-state index contributed by atoms with van der Waals surface area (Å²) in [7, 11) is -4.74. The van der Waals surface area contributed by atoms with Crippen LogP contribution in [0.15, 0.2) is 38.0 Å². The van der Waals surface area contributed by atoms with Crippen LogP contribution in [-0.4, -0.2) is 18.6 Å². The highest BCUT2D eigenvalue weighted by Crippen LogP contribution is 2.28. The Labute approximate surface area is 97.0 Å². The predicted molar refractivity (Wildman–Crippen MR) is 63.9 cm³/mol. The molecule has 0 spiro atoms. The van der Waals surface area contributed by atoms with E-state index in [2.05, 4.69) is 23.9 Å². The molecular formula is C10H19NO4S. The number of rotatable bonds is 8. The monoisotopic (exact) mass is 249 g/mol. The molecule has 0 rings (SSSR count). The molecule has 4 N–H and O–H groups in total. The molecule has 0 aromatic rings. The van der Waals surface area contributed by atoms with Crippen molar-refractivity contribution < 1.29 is 17.2 Å². The Morgan fingerprint density at radius 3 is 1.56 bits per heavy atom. The maximum Gasteiger partial charge on any atom is 0.218 e. The van der Waals surface area contributed by atoms with Gasteiger partial charge >= 0.3 is 0 Å². The van der Waals surface area contributed by atoms with Crippen LogP contribution in [0.3, 0.4) is 0 Å². The van der Waals surface area contributed by atoms with Gasteiger partial charge in [0.15, 0.2) is 0 Å². The molecule has 0 fully saturated rings. The lowest BCUT2D eigenvalue weighted by atomic mass is 9.92. The van der Waals surface area contributed by atoms with Crippen LogP contribution in [0.5, 0.6) is 0 Å². The van der Waals surface area contributed by atoms with Gasteiger partial charge in [-0.3, -0.25) is 4.18 Å². The summed E-state index contributed by atoms with van der Waals surface area (Å²) in [6.45, 7) is 10.5. The van der Waals surface area contributed by atoms with Crippen molar-refractivity contribution in [3.63, 3.8) is 0 Å². The van der Waals surface area contributed by atoms with Gasteiger partial charge in [-0.15, -0.1) is 19.7 Å². The Morgan fingerprint density at radius 2 is 1.38 bits per heavy atom. The summed E-state index contributed by atoms with van der Waals surface area (Å²) in [4.78, 5) is 0.